The molecule has 0 radical (unpaired) electrons. The summed E-state index contributed by atoms with van der Waals surface area (Å²) in [6, 6.07) is 0.407. The van der Waals surface area contributed by atoms with Gasteiger partial charge in [0, 0.05) is 6.04 Å². The van der Waals surface area contributed by atoms with Crippen LogP contribution in [0.25, 0.3) is 0 Å². The molecule has 0 amide bonds. The van der Waals surface area contributed by atoms with E-state index in [1.165, 1.54) is 6.42 Å². The van der Waals surface area contributed by atoms with Crippen LogP contribution in [0.1, 0.15) is 27.2 Å². The molecular weight excluding hydrogens is 98.1 g/mol. The number of rotatable bonds is 1. The highest BCUT2D eigenvalue weighted by Gasteiger charge is 2.47. The van der Waals surface area contributed by atoms with Gasteiger partial charge in [-0.15, -0.1) is 0 Å². The lowest BCUT2D eigenvalue weighted by atomic mass is 10.1. The molecule has 1 heteroatoms. The molecule has 0 saturated heterocycles. The molecule has 0 aromatic rings. The van der Waals surface area contributed by atoms with Crippen molar-refractivity contribution in [3.8, 4) is 0 Å². The van der Waals surface area contributed by atoms with E-state index in [1.54, 1.807) is 0 Å². The number of nitrogens with two attached hydrogens (primary N) is 1. The Morgan fingerprint density at radius 1 is 1.62 bits per heavy atom. The van der Waals surface area contributed by atoms with Gasteiger partial charge in [0.05, 0.1) is 0 Å². The van der Waals surface area contributed by atoms with Crippen molar-refractivity contribution in [1.82, 2.24) is 0 Å². The Morgan fingerprint density at radius 3 is 2.00 bits per heavy atom. The Kier molecular flexibility index (Phi) is 1.12. The molecule has 1 nitrogen and oxygen atoms in total. The Hall–Kier alpha value is -0.0400. The van der Waals surface area contributed by atoms with Crippen molar-refractivity contribution in [3.05, 3.63) is 0 Å². The molecule has 1 aliphatic carbocycles. The summed E-state index contributed by atoms with van der Waals surface area (Å²) in [7, 11) is 0. The van der Waals surface area contributed by atoms with Crippen molar-refractivity contribution in [2.24, 2.45) is 17.1 Å². The van der Waals surface area contributed by atoms with E-state index in [-0.39, 0.29) is 0 Å². The zero-order valence-corrected chi connectivity index (χ0v) is 5.94. The summed E-state index contributed by atoms with van der Waals surface area (Å²) in [6.07, 6.45) is 1.32. The molecule has 1 aliphatic rings. The second-order valence-electron chi connectivity index (χ2n) is 3.66. The third-order valence-corrected chi connectivity index (χ3v) is 2.22. The molecule has 2 N–H and O–H groups in total. The lowest BCUT2D eigenvalue weighted by Gasteiger charge is -2.04. The molecule has 0 aromatic carbocycles. The maximum atomic E-state index is 5.67. The van der Waals surface area contributed by atoms with E-state index in [2.05, 4.69) is 20.8 Å². The highest BCUT2D eigenvalue weighted by Crippen LogP contribution is 2.52. The summed E-state index contributed by atoms with van der Waals surface area (Å²) in [4.78, 5) is 0. The summed E-state index contributed by atoms with van der Waals surface area (Å²) in [6.45, 7) is 6.65. The normalized spacial score (nSPS) is 36.8. The maximum Gasteiger partial charge on any atom is 0.00440 e. The standard InChI is InChI=1S/C7H15N/c1-5(8)6-4-7(6,2)3/h5-6H,4,8H2,1-3H3/t5-,6+/m0/s1. The Labute approximate surface area is 51.3 Å². The van der Waals surface area contributed by atoms with Crippen LogP contribution in [0.5, 0.6) is 0 Å². The van der Waals surface area contributed by atoms with Crippen LogP contribution in [0.15, 0.2) is 0 Å². The van der Waals surface area contributed by atoms with Gasteiger partial charge in [-0.3, -0.25) is 0 Å². The molecule has 1 saturated carbocycles. The van der Waals surface area contributed by atoms with Gasteiger partial charge in [0.2, 0.25) is 0 Å². The predicted octanol–water partition coefficient (Wildman–Crippen LogP) is 1.38. The Balaban J connectivity index is 2.37. The molecule has 2 atom stereocenters. The first-order valence-electron chi connectivity index (χ1n) is 3.29. The first-order valence-corrected chi connectivity index (χ1v) is 3.29. The zero-order chi connectivity index (χ0) is 6.36. The van der Waals surface area contributed by atoms with E-state index in [0.717, 1.165) is 5.92 Å². The molecule has 1 rings (SSSR count). The molecule has 8 heavy (non-hydrogen) atoms. The van der Waals surface area contributed by atoms with Gasteiger partial charge in [-0.05, 0) is 24.7 Å². The van der Waals surface area contributed by atoms with Crippen molar-refractivity contribution in [2.75, 3.05) is 0 Å². The van der Waals surface area contributed by atoms with Gasteiger partial charge in [0.25, 0.3) is 0 Å². The Bertz CT molecular complexity index is 94.6. The molecule has 0 aliphatic heterocycles. The zero-order valence-electron chi connectivity index (χ0n) is 5.94. The first kappa shape index (κ1) is 6.09. The monoisotopic (exact) mass is 113 g/mol. The fourth-order valence-electron chi connectivity index (χ4n) is 1.41. The fourth-order valence-corrected chi connectivity index (χ4v) is 1.41. The van der Waals surface area contributed by atoms with Crippen molar-refractivity contribution in [3.63, 3.8) is 0 Å². The average Bonchev–Trinajstić information content (AvgIpc) is 2.13. The second-order valence-corrected chi connectivity index (χ2v) is 3.66. The van der Waals surface area contributed by atoms with E-state index in [1.807, 2.05) is 0 Å². The molecule has 48 valence electrons. The summed E-state index contributed by atoms with van der Waals surface area (Å²) in [5.41, 5.74) is 6.24. The highest BCUT2D eigenvalue weighted by atomic mass is 14.7. The van der Waals surface area contributed by atoms with Gasteiger partial charge in [-0.25, -0.2) is 0 Å². The molecule has 0 heterocycles. The van der Waals surface area contributed by atoms with E-state index in [9.17, 15) is 0 Å². The van der Waals surface area contributed by atoms with E-state index in [4.69, 9.17) is 5.73 Å². The SMILES string of the molecule is C[C@H](N)[C@H]1CC1(C)C. The van der Waals surface area contributed by atoms with Crippen molar-refractivity contribution < 1.29 is 0 Å². The minimum Gasteiger partial charge on any atom is -0.328 e. The summed E-state index contributed by atoms with van der Waals surface area (Å²) in [5.74, 6) is 0.794. The largest absolute Gasteiger partial charge is 0.328 e. The third-order valence-electron chi connectivity index (χ3n) is 2.22. The summed E-state index contributed by atoms with van der Waals surface area (Å²) < 4.78 is 0. The van der Waals surface area contributed by atoms with E-state index < -0.39 is 0 Å². The lowest BCUT2D eigenvalue weighted by molar-refractivity contribution is 0.501. The van der Waals surface area contributed by atoms with Gasteiger partial charge >= 0.3 is 0 Å². The summed E-state index contributed by atoms with van der Waals surface area (Å²) in [5, 5.41) is 0. The first-order chi connectivity index (χ1) is 3.54. The van der Waals surface area contributed by atoms with Crippen LogP contribution in [0.2, 0.25) is 0 Å². The number of hydrogen-bond donors (Lipinski definition) is 1. The van der Waals surface area contributed by atoms with Crippen molar-refractivity contribution in [2.45, 2.75) is 33.2 Å². The van der Waals surface area contributed by atoms with E-state index in [0.29, 0.717) is 11.5 Å². The van der Waals surface area contributed by atoms with Crippen LogP contribution in [0.3, 0.4) is 0 Å². The molecule has 1 fully saturated rings. The highest BCUT2D eigenvalue weighted by molar-refractivity contribution is 4.99. The quantitative estimate of drug-likeness (QED) is 0.546. The van der Waals surface area contributed by atoms with Gasteiger partial charge < -0.3 is 5.73 Å². The maximum absolute atomic E-state index is 5.67. The van der Waals surface area contributed by atoms with Crippen LogP contribution in [0, 0.1) is 11.3 Å². The van der Waals surface area contributed by atoms with Crippen LogP contribution >= 0.6 is 0 Å². The minimum atomic E-state index is 0.407. The van der Waals surface area contributed by atoms with Gasteiger partial charge in [-0.1, -0.05) is 13.8 Å². The molecule has 0 spiro atoms. The Morgan fingerprint density at radius 2 is 2.00 bits per heavy atom. The molecule has 0 bridgehead atoms. The smallest absolute Gasteiger partial charge is 0.00440 e. The second kappa shape index (κ2) is 1.47. The topological polar surface area (TPSA) is 26.0 Å². The molecule has 0 unspecified atom stereocenters. The third kappa shape index (κ3) is 0.873. The molecule has 0 aromatic heterocycles. The van der Waals surface area contributed by atoms with Crippen LogP contribution in [-0.4, -0.2) is 6.04 Å². The predicted molar refractivity (Wildman–Crippen MR) is 35.5 cm³/mol. The molecular formula is C7H15N. The van der Waals surface area contributed by atoms with Gasteiger partial charge in [-0.2, -0.15) is 0 Å². The summed E-state index contributed by atoms with van der Waals surface area (Å²) >= 11 is 0. The fraction of sp³-hybridized carbons (Fsp3) is 1.00. The average molecular weight is 113 g/mol. The van der Waals surface area contributed by atoms with E-state index >= 15 is 0 Å². The lowest BCUT2D eigenvalue weighted by Crippen LogP contribution is -2.19. The van der Waals surface area contributed by atoms with Crippen LogP contribution < -0.4 is 5.73 Å². The van der Waals surface area contributed by atoms with Crippen LogP contribution in [-0.2, 0) is 0 Å². The van der Waals surface area contributed by atoms with Crippen molar-refractivity contribution >= 4 is 0 Å². The minimum absolute atomic E-state index is 0.407. The van der Waals surface area contributed by atoms with Crippen LogP contribution in [0.4, 0.5) is 0 Å². The van der Waals surface area contributed by atoms with Gasteiger partial charge in [0.15, 0.2) is 0 Å². The van der Waals surface area contributed by atoms with Gasteiger partial charge in [0.1, 0.15) is 0 Å². The number of hydrogen-bond acceptors (Lipinski definition) is 1. The van der Waals surface area contributed by atoms with Crippen molar-refractivity contribution in [1.29, 1.82) is 0 Å².